The highest BCUT2D eigenvalue weighted by molar-refractivity contribution is 5.80. The van der Waals surface area contributed by atoms with Crippen molar-refractivity contribution < 1.29 is 19.1 Å². The van der Waals surface area contributed by atoms with Crippen molar-refractivity contribution in [3.8, 4) is 5.75 Å². The number of esters is 1. The molecule has 1 N–H and O–H groups in total. The van der Waals surface area contributed by atoms with Crippen molar-refractivity contribution in [3.05, 3.63) is 29.3 Å². The molecule has 1 saturated carbocycles. The first-order chi connectivity index (χ1) is 12.2. The topological polar surface area (TPSA) is 64.6 Å². The normalized spacial score (nSPS) is 17.0. The Balaban J connectivity index is 1.31. The first-order valence-electron chi connectivity index (χ1n) is 9.37. The zero-order valence-electron chi connectivity index (χ0n) is 14.7. The van der Waals surface area contributed by atoms with Gasteiger partial charge in [-0.15, -0.1) is 0 Å². The van der Waals surface area contributed by atoms with Crippen molar-refractivity contribution in [2.75, 3.05) is 19.8 Å². The van der Waals surface area contributed by atoms with Gasteiger partial charge in [0.05, 0.1) is 0 Å². The van der Waals surface area contributed by atoms with E-state index in [4.69, 9.17) is 9.47 Å². The quantitative estimate of drug-likeness (QED) is 0.772. The van der Waals surface area contributed by atoms with Crippen molar-refractivity contribution in [2.45, 2.75) is 51.4 Å². The lowest BCUT2D eigenvalue weighted by Crippen LogP contribution is -2.34. The molecule has 2 aliphatic carbocycles. The van der Waals surface area contributed by atoms with Crippen LogP contribution in [0.1, 0.15) is 49.7 Å². The lowest BCUT2D eigenvalue weighted by atomic mass is 9.89. The molecule has 2 aliphatic rings. The molecule has 1 fully saturated rings. The van der Waals surface area contributed by atoms with Gasteiger partial charge < -0.3 is 14.8 Å². The van der Waals surface area contributed by atoms with Crippen LogP contribution in [0.4, 0.5) is 0 Å². The minimum absolute atomic E-state index is 0.172. The maximum Gasteiger partial charge on any atom is 0.344 e. The second-order valence-electron chi connectivity index (χ2n) is 7.04. The lowest BCUT2D eigenvalue weighted by Gasteiger charge is -2.21. The minimum atomic E-state index is -0.520. The molecule has 25 heavy (non-hydrogen) atoms. The molecule has 5 nitrogen and oxygen atoms in total. The van der Waals surface area contributed by atoms with Gasteiger partial charge in [-0.3, -0.25) is 4.79 Å². The fourth-order valence-electron chi connectivity index (χ4n) is 3.67. The van der Waals surface area contributed by atoms with Crippen molar-refractivity contribution in [1.82, 2.24) is 5.32 Å². The Morgan fingerprint density at radius 2 is 1.80 bits per heavy atom. The number of nitrogens with one attached hydrogen (secondary N) is 1. The maximum atomic E-state index is 11.8. The van der Waals surface area contributed by atoms with Crippen molar-refractivity contribution in [2.24, 2.45) is 5.92 Å². The predicted molar refractivity (Wildman–Crippen MR) is 94.5 cm³/mol. The average molecular weight is 345 g/mol. The number of carbonyl (C=O) groups is 2. The molecule has 0 aliphatic heterocycles. The zero-order chi connectivity index (χ0) is 17.5. The highest BCUT2D eigenvalue weighted by atomic mass is 16.6. The maximum absolute atomic E-state index is 11.8. The van der Waals surface area contributed by atoms with Gasteiger partial charge in [0.2, 0.25) is 0 Å². The molecule has 0 aromatic heterocycles. The third-order valence-corrected chi connectivity index (χ3v) is 5.10. The fourth-order valence-corrected chi connectivity index (χ4v) is 3.67. The van der Waals surface area contributed by atoms with Crippen LogP contribution in [-0.4, -0.2) is 31.6 Å². The Morgan fingerprint density at radius 3 is 2.64 bits per heavy atom. The summed E-state index contributed by atoms with van der Waals surface area (Å²) in [6.45, 7) is 0.274. The summed E-state index contributed by atoms with van der Waals surface area (Å²) < 4.78 is 10.5. The molecule has 0 bridgehead atoms. The second-order valence-corrected chi connectivity index (χ2v) is 7.04. The molecule has 0 radical (unpaired) electrons. The van der Waals surface area contributed by atoms with Crippen LogP contribution in [0.3, 0.4) is 0 Å². The summed E-state index contributed by atoms with van der Waals surface area (Å²) in [5.74, 6) is 0.487. The summed E-state index contributed by atoms with van der Waals surface area (Å²) in [5.41, 5.74) is 2.66. The highest BCUT2D eigenvalue weighted by Crippen LogP contribution is 2.26. The van der Waals surface area contributed by atoms with E-state index >= 15 is 0 Å². The number of ether oxygens (including phenoxy) is 2. The van der Waals surface area contributed by atoms with Crippen LogP contribution in [0.25, 0.3) is 0 Å². The van der Waals surface area contributed by atoms with E-state index in [1.165, 1.54) is 49.7 Å². The molecule has 0 heterocycles. The summed E-state index contributed by atoms with van der Waals surface area (Å²) in [5, 5.41) is 2.85. The molecule has 1 amide bonds. The Kier molecular flexibility index (Phi) is 6.31. The largest absolute Gasteiger partial charge is 0.482 e. The Hall–Kier alpha value is -2.04. The summed E-state index contributed by atoms with van der Waals surface area (Å²) in [6.07, 6.45) is 9.50. The van der Waals surface area contributed by atoms with Crippen LogP contribution in [-0.2, 0) is 27.2 Å². The van der Waals surface area contributed by atoms with E-state index in [1.54, 1.807) is 0 Å². The first kappa shape index (κ1) is 17.8. The van der Waals surface area contributed by atoms with Crippen LogP contribution >= 0.6 is 0 Å². The molecular weight excluding hydrogens is 318 g/mol. The average Bonchev–Trinajstić information content (AvgIpc) is 3.11. The van der Waals surface area contributed by atoms with Crippen LogP contribution in [0.2, 0.25) is 0 Å². The molecule has 3 rings (SSSR count). The molecular formula is C20H27NO4. The minimum Gasteiger partial charge on any atom is -0.482 e. The number of amides is 1. The third kappa shape index (κ3) is 5.48. The number of carbonyl (C=O) groups excluding carboxylic acids is 2. The number of aryl methyl sites for hydroxylation is 2. The van der Waals surface area contributed by atoms with Gasteiger partial charge >= 0.3 is 5.97 Å². The number of hydrogen-bond donors (Lipinski definition) is 1. The van der Waals surface area contributed by atoms with E-state index in [1.807, 2.05) is 12.1 Å². The molecule has 1 aromatic rings. The van der Waals surface area contributed by atoms with Crippen LogP contribution in [0, 0.1) is 5.92 Å². The van der Waals surface area contributed by atoms with E-state index in [9.17, 15) is 9.59 Å². The summed E-state index contributed by atoms with van der Waals surface area (Å²) in [6, 6.07) is 5.93. The predicted octanol–water partition coefficient (Wildman–Crippen LogP) is 2.79. The monoisotopic (exact) mass is 345 g/mol. The summed E-state index contributed by atoms with van der Waals surface area (Å²) >= 11 is 0. The van der Waals surface area contributed by atoms with Gasteiger partial charge in [-0.25, -0.2) is 4.79 Å². The molecule has 1 aromatic carbocycles. The van der Waals surface area contributed by atoms with Crippen LogP contribution < -0.4 is 10.1 Å². The Bertz CT molecular complexity index is 608. The molecule has 0 saturated heterocycles. The van der Waals surface area contributed by atoms with Crippen molar-refractivity contribution in [1.29, 1.82) is 0 Å². The molecule has 0 atom stereocenters. The van der Waals surface area contributed by atoms with E-state index in [-0.39, 0.29) is 19.1 Å². The second kappa shape index (κ2) is 8.88. The van der Waals surface area contributed by atoms with E-state index in [0.29, 0.717) is 18.2 Å². The van der Waals surface area contributed by atoms with Crippen molar-refractivity contribution in [3.63, 3.8) is 0 Å². The summed E-state index contributed by atoms with van der Waals surface area (Å²) in [4.78, 5) is 23.5. The molecule has 5 heteroatoms. The first-order valence-corrected chi connectivity index (χ1v) is 9.37. The van der Waals surface area contributed by atoms with Crippen LogP contribution in [0.15, 0.2) is 18.2 Å². The van der Waals surface area contributed by atoms with Crippen molar-refractivity contribution >= 4 is 11.9 Å². The SMILES string of the molecule is O=C(COC(=O)COc1ccc2c(c1)CCC2)NCC1CCCCC1. The van der Waals surface area contributed by atoms with Gasteiger partial charge in [0.25, 0.3) is 5.91 Å². The van der Waals surface area contributed by atoms with Gasteiger partial charge in [0.1, 0.15) is 5.75 Å². The molecule has 136 valence electrons. The zero-order valence-corrected chi connectivity index (χ0v) is 14.7. The molecule has 0 unspecified atom stereocenters. The van der Waals surface area contributed by atoms with Gasteiger partial charge in [0.15, 0.2) is 13.2 Å². The van der Waals surface area contributed by atoms with Gasteiger partial charge in [-0.2, -0.15) is 0 Å². The Labute approximate surface area is 149 Å². The van der Waals surface area contributed by atoms with Gasteiger partial charge in [-0.05, 0) is 61.3 Å². The number of hydrogen-bond acceptors (Lipinski definition) is 4. The summed E-state index contributed by atoms with van der Waals surface area (Å²) in [7, 11) is 0. The lowest BCUT2D eigenvalue weighted by molar-refractivity contribution is -0.150. The fraction of sp³-hybridized carbons (Fsp3) is 0.600. The number of rotatable bonds is 7. The highest BCUT2D eigenvalue weighted by Gasteiger charge is 2.15. The smallest absolute Gasteiger partial charge is 0.344 e. The number of benzene rings is 1. The van der Waals surface area contributed by atoms with Gasteiger partial charge in [-0.1, -0.05) is 25.3 Å². The van der Waals surface area contributed by atoms with E-state index < -0.39 is 5.97 Å². The van der Waals surface area contributed by atoms with E-state index in [2.05, 4.69) is 11.4 Å². The Morgan fingerprint density at radius 1 is 1.00 bits per heavy atom. The van der Waals surface area contributed by atoms with Gasteiger partial charge in [0, 0.05) is 6.54 Å². The standard InChI is InChI=1S/C20H27NO4/c22-19(21-12-15-5-2-1-3-6-15)13-25-20(23)14-24-18-10-9-16-7-4-8-17(16)11-18/h9-11,15H,1-8,12-14H2,(H,21,22). The molecule has 0 spiro atoms. The third-order valence-electron chi connectivity index (χ3n) is 5.10. The van der Waals surface area contributed by atoms with E-state index in [0.717, 1.165) is 12.8 Å². The number of fused-ring (bicyclic) bond motifs is 1. The van der Waals surface area contributed by atoms with Crippen LogP contribution in [0.5, 0.6) is 5.75 Å².